The highest BCUT2D eigenvalue weighted by atomic mass is 19.1. The highest BCUT2D eigenvalue weighted by Gasteiger charge is 2.49. The minimum Gasteiger partial charge on any atom is -0.448 e. The lowest BCUT2D eigenvalue weighted by atomic mass is 9.77. The number of ether oxygens (including phenoxy) is 2. The highest BCUT2D eigenvalue weighted by molar-refractivity contribution is 5.79. The van der Waals surface area contributed by atoms with E-state index in [4.69, 9.17) is 9.47 Å². The summed E-state index contributed by atoms with van der Waals surface area (Å²) in [4.78, 5) is 15.1. The Bertz CT molecular complexity index is 1340. The molecule has 6 rings (SSSR count). The maximum Gasteiger partial charge on any atom is 0.410 e. The number of carbonyl (C=O) groups is 1. The molecule has 1 N–H and O–H groups in total. The fourth-order valence-electron chi connectivity index (χ4n) is 6.36. The summed E-state index contributed by atoms with van der Waals surface area (Å²) in [6.45, 7) is 0.803. The molecular formula is C30H27FN2O4. The molecule has 0 spiro atoms. The Balaban J connectivity index is 1.18. The van der Waals surface area contributed by atoms with Crippen LogP contribution in [0.4, 0.5) is 9.18 Å². The summed E-state index contributed by atoms with van der Waals surface area (Å²) in [5.74, 6) is -0.483. The first kappa shape index (κ1) is 23.7. The predicted octanol–water partition coefficient (Wildman–Crippen LogP) is 4.78. The van der Waals surface area contributed by atoms with Gasteiger partial charge in [-0.3, -0.25) is 4.90 Å². The molecule has 2 fully saturated rings. The van der Waals surface area contributed by atoms with Crippen LogP contribution < -0.4 is 0 Å². The van der Waals surface area contributed by atoms with E-state index in [9.17, 15) is 19.6 Å². The number of morpholine rings is 1. The highest BCUT2D eigenvalue weighted by Crippen LogP contribution is 2.45. The third kappa shape index (κ3) is 4.26. The zero-order valence-electron chi connectivity index (χ0n) is 20.3. The SMILES string of the molecule is N#Cc1ccc(F)cc1CC1(O)CC2COCC(C1)N2C(=O)OCC1c2ccccc2-c2ccccc21. The molecule has 2 atom stereocenters. The van der Waals surface area contributed by atoms with Gasteiger partial charge in [-0.2, -0.15) is 5.26 Å². The van der Waals surface area contributed by atoms with Crippen molar-refractivity contribution >= 4 is 6.09 Å². The first-order valence-electron chi connectivity index (χ1n) is 12.6. The van der Waals surface area contributed by atoms with Gasteiger partial charge in [0.15, 0.2) is 0 Å². The van der Waals surface area contributed by atoms with Crippen LogP contribution in [0.3, 0.4) is 0 Å². The van der Waals surface area contributed by atoms with Crippen molar-refractivity contribution in [3.05, 3.63) is 94.8 Å². The number of nitriles is 1. The number of rotatable bonds is 4. The van der Waals surface area contributed by atoms with E-state index in [1.807, 2.05) is 24.3 Å². The molecule has 2 heterocycles. The van der Waals surface area contributed by atoms with Gasteiger partial charge >= 0.3 is 6.09 Å². The van der Waals surface area contributed by atoms with Crippen molar-refractivity contribution in [1.29, 1.82) is 5.26 Å². The minimum atomic E-state index is -1.18. The van der Waals surface area contributed by atoms with E-state index in [2.05, 4.69) is 30.3 Å². The van der Waals surface area contributed by atoms with Gasteiger partial charge in [0.25, 0.3) is 0 Å². The molecule has 2 saturated heterocycles. The molecule has 7 heteroatoms. The molecule has 188 valence electrons. The number of benzene rings is 3. The third-order valence-electron chi connectivity index (χ3n) is 7.89. The molecule has 2 bridgehead atoms. The topological polar surface area (TPSA) is 82.8 Å². The summed E-state index contributed by atoms with van der Waals surface area (Å²) in [5.41, 5.74) is 4.27. The second kappa shape index (κ2) is 9.29. The first-order chi connectivity index (χ1) is 18.0. The predicted molar refractivity (Wildman–Crippen MR) is 134 cm³/mol. The lowest BCUT2D eigenvalue weighted by Gasteiger charge is -2.51. The third-order valence-corrected chi connectivity index (χ3v) is 7.89. The van der Waals surface area contributed by atoms with Crippen molar-refractivity contribution in [2.24, 2.45) is 0 Å². The molecule has 0 saturated carbocycles. The fraction of sp³-hybridized carbons (Fsp3) is 0.333. The Labute approximate surface area is 214 Å². The molecule has 1 aliphatic carbocycles. The van der Waals surface area contributed by atoms with E-state index in [0.717, 1.165) is 11.1 Å². The normalized spacial score (nSPS) is 24.2. The largest absolute Gasteiger partial charge is 0.448 e. The monoisotopic (exact) mass is 498 g/mol. The summed E-state index contributed by atoms with van der Waals surface area (Å²) < 4.78 is 25.5. The van der Waals surface area contributed by atoms with Crippen molar-refractivity contribution < 1.29 is 23.8 Å². The van der Waals surface area contributed by atoms with Gasteiger partial charge in [0.2, 0.25) is 0 Å². The van der Waals surface area contributed by atoms with E-state index in [1.165, 1.54) is 29.3 Å². The van der Waals surface area contributed by atoms with Crippen molar-refractivity contribution in [2.45, 2.75) is 42.9 Å². The smallest absolute Gasteiger partial charge is 0.410 e. The number of aliphatic hydroxyl groups is 1. The van der Waals surface area contributed by atoms with Crippen LogP contribution in [0, 0.1) is 17.1 Å². The first-order valence-corrected chi connectivity index (χ1v) is 12.6. The van der Waals surface area contributed by atoms with Crippen LogP contribution >= 0.6 is 0 Å². The summed E-state index contributed by atoms with van der Waals surface area (Å²) >= 11 is 0. The molecule has 2 unspecified atom stereocenters. The van der Waals surface area contributed by atoms with Crippen LogP contribution in [0.2, 0.25) is 0 Å². The second-order valence-electron chi connectivity index (χ2n) is 10.3. The standard InChI is InChI=1S/C30H27FN2O4/c31-21-10-9-19(15-32)20(11-21)12-30(35)13-22-16-36-17-23(14-30)33(22)29(34)37-18-28-26-7-3-1-5-24(26)25-6-2-4-8-27(25)28/h1-11,22-23,28,35H,12-14,16-18H2. The number of carbonyl (C=O) groups excluding carboxylic acids is 1. The Morgan fingerprint density at radius 2 is 1.68 bits per heavy atom. The molecule has 2 aliphatic heterocycles. The summed E-state index contributed by atoms with van der Waals surface area (Å²) in [5, 5.41) is 20.9. The fourth-order valence-corrected chi connectivity index (χ4v) is 6.36. The maximum absolute atomic E-state index is 13.9. The number of nitrogens with zero attached hydrogens (tertiary/aromatic N) is 2. The molecular weight excluding hydrogens is 471 g/mol. The molecule has 37 heavy (non-hydrogen) atoms. The number of hydrogen-bond donors (Lipinski definition) is 1. The number of hydrogen-bond acceptors (Lipinski definition) is 5. The van der Waals surface area contributed by atoms with Crippen LogP contribution in [-0.2, 0) is 15.9 Å². The number of piperidine rings is 1. The van der Waals surface area contributed by atoms with Gasteiger partial charge in [0.05, 0.1) is 42.5 Å². The number of amides is 1. The molecule has 6 nitrogen and oxygen atoms in total. The zero-order chi connectivity index (χ0) is 25.6. The number of halogens is 1. The summed E-state index contributed by atoms with van der Waals surface area (Å²) in [6, 6.07) is 21.7. The van der Waals surface area contributed by atoms with E-state index in [-0.39, 0.29) is 57.1 Å². The zero-order valence-corrected chi connectivity index (χ0v) is 20.3. The van der Waals surface area contributed by atoms with Crippen molar-refractivity contribution in [1.82, 2.24) is 4.90 Å². The van der Waals surface area contributed by atoms with Gasteiger partial charge in [0, 0.05) is 12.3 Å². The second-order valence-corrected chi connectivity index (χ2v) is 10.3. The quantitative estimate of drug-likeness (QED) is 0.560. The number of fused-ring (bicyclic) bond motifs is 5. The van der Waals surface area contributed by atoms with Gasteiger partial charge in [-0.1, -0.05) is 48.5 Å². The lowest BCUT2D eigenvalue weighted by molar-refractivity contribution is -0.132. The molecule has 3 aromatic carbocycles. The Hall–Kier alpha value is -3.73. The summed E-state index contributed by atoms with van der Waals surface area (Å²) in [6.07, 6.45) is 0.245. The van der Waals surface area contributed by atoms with Gasteiger partial charge < -0.3 is 14.6 Å². The van der Waals surface area contributed by atoms with Crippen LogP contribution in [0.25, 0.3) is 11.1 Å². The molecule has 1 amide bonds. The Morgan fingerprint density at radius 3 is 2.30 bits per heavy atom. The van der Waals surface area contributed by atoms with Crippen LogP contribution in [0.5, 0.6) is 0 Å². The van der Waals surface area contributed by atoms with Crippen LogP contribution in [0.15, 0.2) is 66.7 Å². The van der Waals surface area contributed by atoms with E-state index >= 15 is 0 Å². The molecule has 3 aromatic rings. The van der Waals surface area contributed by atoms with E-state index < -0.39 is 17.5 Å². The van der Waals surface area contributed by atoms with E-state index in [1.54, 1.807) is 4.90 Å². The minimum absolute atomic E-state index is 0.0356. The molecule has 0 aromatic heterocycles. The lowest BCUT2D eigenvalue weighted by Crippen LogP contribution is -2.64. The van der Waals surface area contributed by atoms with Gasteiger partial charge in [0.1, 0.15) is 12.4 Å². The van der Waals surface area contributed by atoms with Crippen molar-refractivity contribution in [2.75, 3.05) is 19.8 Å². The Kier molecular flexibility index (Phi) is 5.94. The maximum atomic E-state index is 13.9. The average Bonchev–Trinajstić information content (AvgIpc) is 3.20. The molecule has 3 aliphatic rings. The van der Waals surface area contributed by atoms with Crippen molar-refractivity contribution in [3.63, 3.8) is 0 Å². The average molecular weight is 499 g/mol. The summed E-state index contributed by atoms with van der Waals surface area (Å²) in [7, 11) is 0. The van der Waals surface area contributed by atoms with Gasteiger partial charge in [-0.05, 0) is 58.9 Å². The van der Waals surface area contributed by atoms with Crippen molar-refractivity contribution in [3.8, 4) is 17.2 Å². The molecule has 0 radical (unpaired) electrons. The van der Waals surface area contributed by atoms with E-state index in [0.29, 0.717) is 11.1 Å². The van der Waals surface area contributed by atoms with Crippen LogP contribution in [0.1, 0.15) is 41.0 Å². The van der Waals surface area contributed by atoms with Crippen LogP contribution in [-0.4, -0.2) is 53.6 Å². The van der Waals surface area contributed by atoms with Gasteiger partial charge in [-0.15, -0.1) is 0 Å². The Morgan fingerprint density at radius 1 is 1.05 bits per heavy atom. The van der Waals surface area contributed by atoms with Gasteiger partial charge in [-0.25, -0.2) is 9.18 Å².